The molecule has 1 aromatic rings. The number of hydrogen-bond acceptors (Lipinski definition) is 3. The molecule has 0 heterocycles. The summed E-state index contributed by atoms with van der Waals surface area (Å²) in [6, 6.07) is 7.07. The van der Waals surface area contributed by atoms with Gasteiger partial charge in [0.1, 0.15) is 12.4 Å². The molecule has 3 nitrogen and oxygen atoms in total. The summed E-state index contributed by atoms with van der Waals surface area (Å²) < 4.78 is 10.3. The fourth-order valence-corrected chi connectivity index (χ4v) is 1.64. The Morgan fingerprint density at radius 3 is 2.53 bits per heavy atom. The summed E-state index contributed by atoms with van der Waals surface area (Å²) in [5.74, 6) is 0.279. The summed E-state index contributed by atoms with van der Waals surface area (Å²) in [7, 11) is 1.40. The Labute approximate surface area is 107 Å². The first-order valence-corrected chi connectivity index (χ1v) is 6.01. The average molecular weight is 257 g/mol. The van der Waals surface area contributed by atoms with Crippen molar-refractivity contribution in [1.29, 1.82) is 0 Å². The molecule has 4 heteroatoms. The topological polar surface area (TPSA) is 35.5 Å². The average Bonchev–Trinajstić information content (AvgIpc) is 2.35. The van der Waals surface area contributed by atoms with Gasteiger partial charge in [0.15, 0.2) is 0 Å². The molecule has 1 rings (SSSR count). The van der Waals surface area contributed by atoms with Crippen molar-refractivity contribution >= 4 is 17.6 Å². The van der Waals surface area contributed by atoms with Crippen LogP contribution in [0, 0.1) is 5.92 Å². The van der Waals surface area contributed by atoms with E-state index in [1.165, 1.54) is 7.11 Å². The van der Waals surface area contributed by atoms with E-state index in [9.17, 15) is 4.79 Å². The van der Waals surface area contributed by atoms with Gasteiger partial charge in [-0.3, -0.25) is 4.79 Å². The van der Waals surface area contributed by atoms with Crippen LogP contribution in [0.4, 0.5) is 0 Å². The molecule has 0 spiro atoms. The number of halogens is 1. The molecule has 1 atom stereocenters. The van der Waals surface area contributed by atoms with Crippen LogP contribution in [-0.4, -0.2) is 19.7 Å². The quantitative estimate of drug-likeness (QED) is 0.733. The highest BCUT2D eigenvalue weighted by Gasteiger charge is 2.18. The van der Waals surface area contributed by atoms with Gasteiger partial charge in [-0.05, 0) is 30.7 Å². The lowest BCUT2D eigenvalue weighted by atomic mass is 10.1. The van der Waals surface area contributed by atoms with E-state index < -0.39 is 0 Å². The lowest BCUT2D eigenvalue weighted by Crippen LogP contribution is -2.23. The number of benzene rings is 1. The summed E-state index contributed by atoms with van der Waals surface area (Å²) in [5, 5.41) is 0.662. The summed E-state index contributed by atoms with van der Waals surface area (Å²) in [4.78, 5) is 11.5. The Morgan fingerprint density at radius 2 is 2.00 bits per heavy atom. The van der Waals surface area contributed by atoms with E-state index in [0.717, 1.165) is 12.8 Å². The summed E-state index contributed by atoms with van der Waals surface area (Å²) in [6.07, 6.45) is 1.68. The number of carbonyl (C=O) groups is 1. The molecule has 0 amide bonds. The fraction of sp³-hybridized carbons (Fsp3) is 0.462. The predicted molar refractivity (Wildman–Crippen MR) is 67.4 cm³/mol. The minimum atomic E-state index is -0.221. The molecule has 1 aromatic carbocycles. The minimum Gasteiger partial charge on any atom is -0.493 e. The van der Waals surface area contributed by atoms with Crippen LogP contribution < -0.4 is 4.74 Å². The van der Waals surface area contributed by atoms with Gasteiger partial charge in [-0.15, -0.1) is 0 Å². The van der Waals surface area contributed by atoms with Crippen molar-refractivity contribution in [3.63, 3.8) is 0 Å². The van der Waals surface area contributed by atoms with Crippen molar-refractivity contribution in [2.75, 3.05) is 13.7 Å². The standard InChI is InChI=1S/C13H17ClO3/c1-3-4-10(13(15)16-2)9-17-12-7-5-11(14)6-8-12/h5-8,10H,3-4,9H2,1-2H3. The molecule has 0 saturated carbocycles. The highest BCUT2D eigenvalue weighted by atomic mass is 35.5. The zero-order chi connectivity index (χ0) is 12.7. The third-order valence-corrected chi connectivity index (χ3v) is 2.69. The molecule has 0 fully saturated rings. The second-order valence-corrected chi connectivity index (χ2v) is 4.21. The molecule has 0 aliphatic carbocycles. The van der Waals surface area contributed by atoms with Gasteiger partial charge in [0.05, 0.1) is 13.0 Å². The SMILES string of the molecule is CCCC(COc1ccc(Cl)cc1)C(=O)OC. The molecule has 1 unspecified atom stereocenters. The predicted octanol–water partition coefficient (Wildman–Crippen LogP) is 3.31. The highest BCUT2D eigenvalue weighted by Crippen LogP contribution is 2.17. The lowest BCUT2D eigenvalue weighted by Gasteiger charge is -2.14. The molecule has 0 aliphatic rings. The van der Waals surface area contributed by atoms with Crippen LogP contribution >= 0.6 is 11.6 Å². The largest absolute Gasteiger partial charge is 0.493 e. The summed E-state index contributed by atoms with van der Waals surface area (Å²) >= 11 is 5.77. The van der Waals surface area contributed by atoms with E-state index >= 15 is 0 Å². The molecule has 0 aromatic heterocycles. The maximum atomic E-state index is 11.5. The van der Waals surface area contributed by atoms with Gasteiger partial charge in [0.2, 0.25) is 0 Å². The Balaban J connectivity index is 2.51. The summed E-state index contributed by atoms with van der Waals surface area (Å²) in [6.45, 7) is 2.36. The first-order chi connectivity index (χ1) is 8.17. The van der Waals surface area contributed by atoms with Crippen molar-refractivity contribution in [3.05, 3.63) is 29.3 Å². The van der Waals surface area contributed by atoms with E-state index in [1.54, 1.807) is 24.3 Å². The van der Waals surface area contributed by atoms with Gasteiger partial charge < -0.3 is 9.47 Å². The number of methoxy groups -OCH3 is 1. The van der Waals surface area contributed by atoms with Gasteiger partial charge in [0.25, 0.3) is 0 Å². The van der Waals surface area contributed by atoms with Gasteiger partial charge >= 0.3 is 5.97 Å². The summed E-state index contributed by atoms with van der Waals surface area (Å²) in [5.41, 5.74) is 0. The van der Waals surface area contributed by atoms with E-state index in [4.69, 9.17) is 21.1 Å². The molecule has 17 heavy (non-hydrogen) atoms. The Hall–Kier alpha value is -1.22. The van der Waals surface area contributed by atoms with Crippen LogP contribution in [-0.2, 0) is 9.53 Å². The van der Waals surface area contributed by atoms with Crippen LogP contribution in [0.15, 0.2) is 24.3 Å². The number of esters is 1. The molecule has 0 N–H and O–H groups in total. The van der Waals surface area contributed by atoms with Gasteiger partial charge in [-0.1, -0.05) is 24.9 Å². The smallest absolute Gasteiger partial charge is 0.312 e. The van der Waals surface area contributed by atoms with Crippen molar-refractivity contribution in [1.82, 2.24) is 0 Å². The molecule has 0 bridgehead atoms. The second kappa shape index (κ2) is 7.17. The second-order valence-electron chi connectivity index (χ2n) is 3.77. The molecular weight excluding hydrogens is 240 g/mol. The van der Waals surface area contributed by atoms with Crippen LogP contribution in [0.2, 0.25) is 5.02 Å². The van der Waals surface area contributed by atoms with E-state index in [-0.39, 0.29) is 11.9 Å². The fourth-order valence-electron chi connectivity index (χ4n) is 1.51. The van der Waals surface area contributed by atoms with Crippen molar-refractivity contribution in [3.8, 4) is 5.75 Å². The minimum absolute atomic E-state index is 0.208. The van der Waals surface area contributed by atoms with Gasteiger partial charge in [0, 0.05) is 5.02 Å². The molecule has 0 saturated heterocycles. The molecule has 0 aliphatic heterocycles. The Morgan fingerprint density at radius 1 is 1.35 bits per heavy atom. The number of carbonyl (C=O) groups excluding carboxylic acids is 1. The lowest BCUT2D eigenvalue weighted by molar-refractivity contribution is -0.146. The number of rotatable bonds is 6. The zero-order valence-corrected chi connectivity index (χ0v) is 10.9. The highest BCUT2D eigenvalue weighted by molar-refractivity contribution is 6.30. The maximum absolute atomic E-state index is 11.5. The first kappa shape index (κ1) is 13.8. The third-order valence-electron chi connectivity index (χ3n) is 2.44. The molecular formula is C13H17ClO3. The van der Waals surface area contributed by atoms with Crippen molar-refractivity contribution in [2.45, 2.75) is 19.8 Å². The van der Waals surface area contributed by atoms with Gasteiger partial charge in [-0.2, -0.15) is 0 Å². The van der Waals surface area contributed by atoms with Crippen LogP contribution in [0.1, 0.15) is 19.8 Å². The van der Waals surface area contributed by atoms with Crippen LogP contribution in [0.3, 0.4) is 0 Å². The van der Waals surface area contributed by atoms with Crippen molar-refractivity contribution in [2.24, 2.45) is 5.92 Å². The molecule has 0 radical (unpaired) electrons. The third kappa shape index (κ3) is 4.65. The normalized spacial score (nSPS) is 11.9. The van der Waals surface area contributed by atoms with E-state index in [2.05, 4.69) is 0 Å². The van der Waals surface area contributed by atoms with E-state index in [1.807, 2.05) is 6.92 Å². The van der Waals surface area contributed by atoms with Crippen LogP contribution in [0.25, 0.3) is 0 Å². The maximum Gasteiger partial charge on any atom is 0.312 e. The Bertz CT molecular complexity index is 348. The Kier molecular flexibility index (Phi) is 5.84. The first-order valence-electron chi connectivity index (χ1n) is 5.63. The monoisotopic (exact) mass is 256 g/mol. The van der Waals surface area contributed by atoms with Crippen LogP contribution in [0.5, 0.6) is 5.75 Å². The zero-order valence-electron chi connectivity index (χ0n) is 10.1. The number of ether oxygens (including phenoxy) is 2. The number of hydrogen-bond donors (Lipinski definition) is 0. The van der Waals surface area contributed by atoms with E-state index in [0.29, 0.717) is 17.4 Å². The van der Waals surface area contributed by atoms with Gasteiger partial charge in [-0.25, -0.2) is 0 Å². The molecule has 94 valence electrons. The van der Waals surface area contributed by atoms with Crippen molar-refractivity contribution < 1.29 is 14.3 Å².